The minimum absolute atomic E-state index is 0.116. The van der Waals surface area contributed by atoms with E-state index in [0.717, 1.165) is 36.5 Å². The number of para-hydroxylation sites is 1. The summed E-state index contributed by atoms with van der Waals surface area (Å²) in [4.78, 5) is 18.9. The van der Waals surface area contributed by atoms with Gasteiger partial charge in [0.05, 0.1) is 5.03 Å². The number of amides is 1. The van der Waals surface area contributed by atoms with Gasteiger partial charge in [-0.3, -0.25) is 4.79 Å². The van der Waals surface area contributed by atoms with Crippen LogP contribution in [0.3, 0.4) is 0 Å². The van der Waals surface area contributed by atoms with Gasteiger partial charge >= 0.3 is 0 Å². The summed E-state index contributed by atoms with van der Waals surface area (Å²) in [5.41, 5.74) is 2.24. The van der Waals surface area contributed by atoms with Crippen molar-refractivity contribution in [2.24, 2.45) is 0 Å². The van der Waals surface area contributed by atoms with E-state index in [0.29, 0.717) is 25.3 Å². The summed E-state index contributed by atoms with van der Waals surface area (Å²) in [6.45, 7) is 1.91. The fourth-order valence-electron chi connectivity index (χ4n) is 3.66. The summed E-state index contributed by atoms with van der Waals surface area (Å²) in [5.74, 6) is 0.730. The van der Waals surface area contributed by atoms with E-state index >= 15 is 0 Å². The third-order valence-electron chi connectivity index (χ3n) is 5.17. The molecule has 2 aromatic rings. The zero-order valence-corrected chi connectivity index (χ0v) is 17.2. The van der Waals surface area contributed by atoms with Crippen molar-refractivity contribution in [3.05, 3.63) is 48.2 Å². The van der Waals surface area contributed by atoms with Gasteiger partial charge in [0, 0.05) is 43.7 Å². The van der Waals surface area contributed by atoms with Crippen molar-refractivity contribution in [2.45, 2.75) is 35.6 Å². The Kier molecular flexibility index (Phi) is 5.70. The fourth-order valence-corrected chi connectivity index (χ4v) is 5.90. The van der Waals surface area contributed by atoms with Crippen LogP contribution in [-0.2, 0) is 21.2 Å². The van der Waals surface area contributed by atoms with E-state index in [4.69, 9.17) is 0 Å². The smallest absolute Gasteiger partial charge is 0.244 e. The first kappa shape index (κ1) is 19.4. The maximum absolute atomic E-state index is 12.5. The molecule has 28 heavy (non-hydrogen) atoms. The second-order valence-corrected chi connectivity index (χ2v) is 10.0. The topological polar surface area (TPSA) is 70.6 Å². The van der Waals surface area contributed by atoms with Crippen molar-refractivity contribution < 1.29 is 13.2 Å². The van der Waals surface area contributed by atoms with Crippen LogP contribution in [0.5, 0.6) is 0 Å². The van der Waals surface area contributed by atoms with Gasteiger partial charge in [-0.05, 0) is 43.0 Å². The van der Waals surface area contributed by atoms with Crippen LogP contribution in [0.25, 0.3) is 0 Å². The molecule has 0 spiro atoms. The molecule has 0 aliphatic carbocycles. The van der Waals surface area contributed by atoms with E-state index in [1.807, 2.05) is 23.1 Å². The van der Waals surface area contributed by atoms with Crippen LogP contribution in [0.4, 0.5) is 5.69 Å². The van der Waals surface area contributed by atoms with E-state index in [1.54, 1.807) is 12.1 Å². The average Bonchev–Trinajstić information content (AvgIpc) is 3.39. The summed E-state index contributed by atoms with van der Waals surface area (Å²) in [6.07, 6.45) is 4.58. The highest BCUT2D eigenvalue weighted by atomic mass is 32.2. The number of hydrogen-bond acceptors (Lipinski definition) is 5. The van der Waals surface area contributed by atoms with Gasteiger partial charge in [0.1, 0.15) is 4.90 Å². The molecule has 1 fully saturated rings. The Bertz CT molecular complexity index is 955. The number of carbonyl (C=O) groups is 1. The largest absolute Gasteiger partial charge is 0.312 e. The molecule has 8 heteroatoms. The summed E-state index contributed by atoms with van der Waals surface area (Å²) in [7, 11) is -3.43. The molecule has 0 radical (unpaired) electrons. The Morgan fingerprint density at radius 2 is 1.86 bits per heavy atom. The molecule has 6 nitrogen and oxygen atoms in total. The predicted molar refractivity (Wildman–Crippen MR) is 110 cm³/mol. The van der Waals surface area contributed by atoms with Crippen molar-refractivity contribution in [1.29, 1.82) is 0 Å². The van der Waals surface area contributed by atoms with Crippen LogP contribution in [0, 0.1) is 0 Å². The summed E-state index contributed by atoms with van der Waals surface area (Å²) >= 11 is 1.47. The van der Waals surface area contributed by atoms with Crippen LogP contribution in [0.2, 0.25) is 0 Å². The Labute approximate surface area is 170 Å². The number of sulfonamides is 1. The molecule has 0 atom stereocenters. The third-order valence-corrected chi connectivity index (χ3v) is 7.99. The molecule has 1 saturated heterocycles. The van der Waals surface area contributed by atoms with Crippen LogP contribution in [0.15, 0.2) is 52.5 Å². The molecular weight excluding hydrogens is 394 g/mol. The SMILES string of the molecule is O=C(CCSc1ccc(S(=O)(=O)N2CCCC2)cn1)N1CCc2ccccc21. The zero-order chi connectivity index (χ0) is 19.6. The molecule has 4 rings (SSSR count). The van der Waals surface area contributed by atoms with Crippen LogP contribution >= 0.6 is 11.8 Å². The summed E-state index contributed by atoms with van der Waals surface area (Å²) < 4.78 is 26.6. The van der Waals surface area contributed by atoms with E-state index in [9.17, 15) is 13.2 Å². The molecule has 0 bridgehead atoms. The van der Waals surface area contributed by atoms with Gasteiger partial charge in [-0.15, -0.1) is 11.8 Å². The summed E-state index contributed by atoms with van der Waals surface area (Å²) in [5, 5.41) is 0.731. The van der Waals surface area contributed by atoms with Crippen molar-refractivity contribution >= 4 is 33.4 Å². The lowest BCUT2D eigenvalue weighted by Gasteiger charge is -2.17. The number of anilines is 1. The Balaban J connectivity index is 1.32. The number of thioether (sulfide) groups is 1. The molecule has 1 aromatic heterocycles. The number of aromatic nitrogens is 1. The van der Waals surface area contributed by atoms with Gasteiger partial charge in [0.2, 0.25) is 15.9 Å². The standard InChI is InChI=1S/C20H23N3O3S2/c24-20(23-13-9-16-5-1-2-6-18(16)23)10-14-27-19-8-7-17(15-21-19)28(25,26)22-11-3-4-12-22/h1-2,5-8,15H,3-4,9-14H2. The van der Waals surface area contributed by atoms with E-state index in [-0.39, 0.29) is 10.8 Å². The Hall–Kier alpha value is -1.90. The predicted octanol–water partition coefficient (Wildman–Crippen LogP) is 2.94. The van der Waals surface area contributed by atoms with Gasteiger partial charge in [-0.1, -0.05) is 18.2 Å². The number of benzene rings is 1. The monoisotopic (exact) mass is 417 g/mol. The van der Waals surface area contributed by atoms with Gasteiger partial charge in [-0.25, -0.2) is 13.4 Å². The van der Waals surface area contributed by atoms with Crippen LogP contribution in [-0.4, -0.2) is 49.0 Å². The van der Waals surface area contributed by atoms with E-state index < -0.39 is 10.0 Å². The molecule has 0 unspecified atom stereocenters. The third kappa shape index (κ3) is 3.94. The fraction of sp³-hybridized carbons (Fsp3) is 0.400. The molecule has 1 amide bonds. The molecule has 1 aromatic carbocycles. The highest BCUT2D eigenvalue weighted by Gasteiger charge is 2.27. The molecule has 3 heterocycles. The summed E-state index contributed by atoms with van der Waals surface area (Å²) in [6, 6.07) is 11.4. The number of pyridine rings is 1. The number of hydrogen-bond donors (Lipinski definition) is 0. The maximum atomic E-state index is 12.5. The van der Waals surface area contributed by atoms with E-state index in [2.05, 4.69) is 11.1 Å². The highest BCUT2D eigenvalue weighted by molar-refractivity contribution is 7.99. The minimum Gasteiger partial charge on any atom is -0.312 e. The van der Waals surface area contributed by atoms with Gasteiger partial charge in [0.25, 0.3) is 0 Å². The van der Waals surface area contributed by atoms with Gasteiger partial charge < -0.3 is 4.90 Å². The lowest BCUT2D eigenvalue weighted by Crippen LogP contribution is -2.29. The zero-order valence-electron chi connectivity index (χ0n) is 15.6. The molecule has 148 valence electrons. The quantitative estimate of drug-likeness (QED) is 0.676. The number of carbonyl (C=O) groups excluding carboxylic acids is 1. The Morgan fingerprint density at radius 3 is 2.61 bits per heavy atom. The van der Waals surface area contributed by atoms with Crippen molar-refractivity contribution in [2.75, 3.05) is 30.3 Å². The molecule has 0 saturated carbocycles. The lowest BCUT2D eigenvalue weighted by atomic mass is 10.2. The van der Waals surface area contributed by atoms with Crippen molar-refractivity contribution in [3.8, 4) is 0 Å². The maximum Gasteiger partial charge on any atom is 0.244 e. The first-order valence-corrected chi connectivity index (χ1v) is 12.0. The first-order valence-electron chi connectivity index (χ1n) is 9.53. The van der Waals surface area contributed by atoms with Crippen molar-refractivity contribution in [3.63, 3.8) is 0 Å². The molecular formula is C20H23N3O3S2. The second kappa shape index (κ2) is 8.23. The lowest BCUT2D eigenvalue weighted by molar-refractivity contribution is -0.118. The van der Waals surface area contributed by atoms with E-state index in [1.165, 1.54) is 27.8 Å². The van der Waals surface area contributed by atoms with Gasteiger partial charge in [0.15, 0.2) is 0 Å². The van der Waals surface area contributed by atoms with Crippen LogP contribution in [0.1, 0.15) is 24.8 Å². The number of fused-ring (bicyclic) bond motifs is 1. The minimum atomic E-state index is -3.43. The van der Waals surface area contributed by atoms with Crippen LogP contribution < -0.4 is 4.90 Å². The van der Waals surface area contributed by atoms with Gasteiger partial charge in [-0.2, -0.15) is 4.31 Å². The normalized spacial score (nSPS) is 17.1. The molecule has 0 N–H and O–H groups in total. The number of nitrogens with zero attached hydrogens (tertiary/aromatic N) is 3. The van der Waals surface area contributed by atoms with Crippen molar-refractivity contribution in [1.82, 2.24) is 9.29 Å². The Morgan fingerprint density at radius 1 is 1.07 bits per heavy atom. The second-order valence-electron chi connectivity index (χ2n) is 6.97. The molecule has 2 aliphatic rings. The number of rotatable bonds is 6. The first-order chi connectivity index (χ1) is 13.6. The highest BCUT2D eigenvalue weighted by Crippen LogP contribution is 2.28. The molecule has 2 aliphatic heterocycles. The average molecular weight is 418 g/mol.